The molecule has 2 nitrogen and oxygen atoms in total. The molecule has 0 saturated heterocycles. The predicted octanol–water partition coefficient (Wildman–Crippen LogP) is 0.340. The average molecular weight is 112 g/mol. The van der Waals surface area contributed by atoms with E-state index in [0.29, 0.717) is 5.70 Å². The van der Waals surface area contributed by atoms with E-state index in [4.69, 9.17) is 11.5 Å². The molecule has 1 rings (SSSR count). The Balaban J connectivity index is 2.29. The zero-order chi connectivity index (χ0) is 6.20. The first-order chi connectivity index (χ1) is 3.62. The number of hydrogen-bond acceptors (Lipinski definition) is 2. The minimum absolute atomic E-state index is 0.0475. The molecule has 1 aliphatic carbocycles. The highest BCUT2D eigenvalue weighted by Gasteiger charge is 2.37. The van der Waals surface area contributed by atoms with Gasteiger partial charge in [-0.15, -0.1) is 0 Å². The highest BCUT2D eigenvalue weighted by Crippen LogP contribution is 2.36. The van der Waals surface area contributed by atoms with Crippen LogP contribution in [0.3, 0.4) is 0 Å². The lowest BCUT2D eigenvalue weighted by Crippen LogP contribution is -2.23. The molecule has 0 radical (unpaired) electrons. The van der Waals surface area contributed by atoms with E-state index in [9.17, 15) is 0 Å². The molecule has 0 aromatic heterocycles. The molecule has 0 spiro atoms. The van der Waals surface area contributed by atoms with Crippen molar-refractivity contribution in [2.24, 2.45) is 11.5 Å². The summed E-state index contributed by atoms with van der Waals surface area (Å²) in [6, 6.07) is 0. The monoisotopic (exact) mass is 112 g/mol. The van der Waals surface area contributed by atoms with Gasteiger partial charge in [0.2, 0.25) is 0 Å². The highest BCUT2D eigenvalue weighted by atomic mass is 14.8. The second-order valence-corrected chi connectivity index (χ2v) is 2.70. The smallest absolute Gasteiger partial charge is 0.0210 e. The molecule has 0 aliphatic heterocycles. The maximum absolute atomic E-state index is 5.71. The van der Waals surface area contributed by atoms with Crippen molar-refractivity contribution in [1.29, 1.82) is 0 Å². The summed E-state index contributed by atoms with van der Waals surface area (Å²) in [7, 11) is 0. The van der Waals surface area contributed by atoms with E-state index >= 15 is 0 Å². The molecule has 8 heavy (non-hydrogen) atoms. The molecule has 1 aliphatic rings. The summed E-state index contributed by atoms with van der Waals surface area (Å²) in [4.78, 5) is 0. The number of hydrogen-bond donors (Lipinski definition) is 2. The van der Waals surface area contributed by atoms with Crippen LogP contribution in [-0.2, 0) is 0 Å². The van der Waals surface area contributed by atoms with Crippen molar-refractivity contribution in [2.45, 2.75) is 24.8 Å². The Bertz CT molecular complexity index is 114. The number of rotatable bonds is 2. The molecule has 1 saturated carbocycles. The fourth-order valence-electron chi connectivity index (χ4n) is 0.790. The maximum Gasteiger partial charge on any atom is 0.0210 e. The Morgan fingerprint density at radius 1 is 1.62 bits per heavy atom. The van der Waals surface area contributed by atoms with Crippen LogP contribution in [0.25, 0.3) is 0 Å². The van der Waals surface area contributed by atoms with Crippen molar-refractivity contribution in [3.63, 3.8) is 0 Å². The first-order valence-electron chi connectivity index (χ1n) is 2.85. The molecular weight excluding hydrogens is 100 g/mol. The van der Waals surface area contributed by atoms with Crippen molar-refractivity contribution in [3.05, 3.63) is 12.3 Å². The topological polar surface area (TPSA) is 52.0 Å². The first kappa shape index (κ1) is 5.63. The molecule has 0 amide bonds. The van der Waals surface area contributed by atoms with Crippen LogP contribution in [-0.4, -0.2) is 5.54 Å². The maximum atomic E-state index is 5.71. The number of nitrogens with two attached hydrogens (primary N) is 2. The Morgan fingerprint density at radius 3 is 2.25 bits per heavy atom. The highest BCUT2D eigenvalue weighted by molar-refractivity contribution is 5.07. The van der Waals surface area contributed by atoms with Crippen LogP contribution in [0.1, 0.15) is 19.3 Å². The van der Waals surface area contributed by atoms with Gasteiger partial charge in [-0.25, -0.2) is 0 Å². The minimum atomic E-state index is 0.0475. The summed E-state index contributed by atoms with van der Waals surface area (Å²) < 4.78 is 0. The van der Waals surface area contributed by atoms with E-state index in [0.717, 1.165) is 19.3 Å². The van der Waals surface area contributed by atoms with E-state index < -0.39 is 0 Å². The van der Waals surface area contributed by atoms with Crippen molar-refractivity contribution in [2.75, 3.05) is 0 Å². The van der Waals surface area contributed by atoms with E-state index in [2.05, 4.69) is 6.58 Å². The van der Waals surface area contributed by atoms with E-state index in [-0.39, 0.29) is 5.54 Å². The van der Waals surface area contributed by atoms with Gasteiger partial charge in [-0.1, -0.05) is 6.58 Å². The largest absolute Gasteiger partial charge is 0.402 e. The molecule has 4 N–H and O–H groups in total. The third-order valence-corrected chi connectivity index (χ3v) is 1.47. The van der Waals surface area contributed by atoms with Crippen molar-refractivity contribution in [1.82, 2.24) is 0 Å². The van der Waals surface area contributed by atoms with Gasteiger partial charge in [0.1, 0.15) is 0 Å². The van der Waals surface area contributed by atoms with Crippen LogP contribution in [0, 0.1) is 0 Å². The van der Waals surface area contributed by atoms with Crippen LogP contribution in [0.2, 0.25) is 0 Å². The SMILES string of the molecule is C=C(N)CC1(N)CC1. The van der Waals surface area contributed by atoms with Gasteiger partial charge in [-0.2, -0.15) is 0 Å². The fourth-order valence-corrected chi connectivity index (χ4v) is 0.790. The second kappa shape index (κ2) is 1.49. The Morgan fingerprint density at radius 2 is 2.12 bits per heavy atom. The molecule has 0 unspecified atom stereocenters. The van der Waals surface area contributed by atoms with Crippen molar-refractivity contribution in [3.8, 4) is 0 Å². The van der Waals surface area contributed by atoms with Gasteiger partial charge in [0, 0.05) is 17.7 Å². The zero-order valence-corrected chi connectivity index (χ0v) is 4.98. The lowest BCUT2D eigenvalue weighted by molar-refractivity contribution is 0.664. The average Bonchev–Trinajstić information content (AvgIpc) is 2.17. The molecule has 0 heterocycles. The van der Waals surface area contributed by atoms with Gasteiger partial charge in [0.05, 0.1) is 0 Å². The zero-order valence-electron chi connectivity index (χ0n) is 4.98. The van der Waals surface area contributed by atoms with E-state index in [1.54, 1.807) is 0 Å². The summed E-state index contributed by atoms with van der Waals surface area (Å²) in [5.74, 6) is 0. The normalized spacial score (nSPS) is 22.6. The molecule has 0 aromatic rings. The summed E-state index contributed by atoms with van der Waals surface area (Å²) in [6.07, 6.45) is 3.03. The second-order valence-electron chi connectivity index (χ2n) is 2.70. The van der Waals surface area contributed by atoms with Crippen LogP contribution >= 0.6 is 0 Å². The van der Waals surface area contributed by atoms with Crippen LogP contribution in [0.5, 0.6) is 0 Å². The third-order valence-electron chi connectivity index (χ3n) is 1.47. The van der Waals surface area contributed by atoms with Gasteiger partial charge in [-0.05, 0) is 12.8 Å². The van der Waals surface area contributed by atoms with Gasteiger partial charge in [-0.3, -0.25) is 0 Å². The standard InChI is InChI=1S/C6H12N2/c1-5(7)4-6(8)2-3-6/h1-4,7-8H2. The quantitative estimate of drug-likeness (QED) is 0.541. The fraction of sp³-hybridized carbons (Fsp3) is 0.667. The van der Waals surface area contributed by atoms with Crippen LogP contribution in [0.4, 0.5) is 0 Å². The molecule has 1 fully saturated rings. The van der Waals surface area contributed by atoms with Gasteiger partial charge in [0.15, 0.2) is 0 Å². The molecule has 2 heteroatoms. The van der Waals surface area contributed by atoms with Crippen molar-refractivity contribution < 1.29 is 0 Å². The Hall–Kier alpha value is -0.500. The van der Waals surface area contributed by atoms with Crippen molar-refractivity contribution >= 4 is 0 Å². The lowest BCUT2D eigenvalue weighted by atomic mass is 10.2. The molecule has 0 atom stereocenters. The van der Waals surface area contributed by atoms with Gasteiger partial charge in [0.25, 0.3) is 0 Å². The Kier molecular flexibility index (Phi) is 1.05. The first-order valence-corrected chi connectivity index (χ1v) is 2.85. The third kappa shape index (κ3) is 1.23. The van der Waals surface area contributed by atoms with Gasteiger partial charge < -0.3 is 11.5 Å². The minimum Gasteiger partial charge on any atom is -0.402 e. The molecule has 0 aromatic carbocycles. The van der Waals surface area contributed by atoms with Crippen LogP contribution < -0.4 is 11.5 Å². The summed E-state index contributed by atoms with van der Waals surface area (Å²) >= 11 is 0. The Labute approximate surface area is 49.5 Å². The van der Waals surface area contributed by atoms with E-state index in [1.807, 2.05) is 0 Å². The van der Waals surface area contributed by atoms with Gasteiger partial charge >= 0.3 is 0 Å². The summed E-state index contributed by atoms with van der Waals surface area (Å²) in [5.41, 5.74) is 11.8. The predicted molar refractivity (Wildman–Crippen MR) is 34.1 cm³/mol. The lowest BCUT2D eigenvalue weighted by Gasteiger charge is -2.05. The molecule has 46 valence electrons. The summed E-state index contributed by atoms with van der Waals surface area (Å²) in [6.45, 7) is 3.58. The van der Waals surface area contributed by atoms with Crippen LogP contribution in [0.15, 0.2) is 12.3 Å². The molecular formula is C6H12N2. The van der Waals surface area contributed by atoms with E-state index in [1.165, 1.54) is 0 Å². The molecule has 0 bridgehead atoms. The summed E-state index contributed by atoms with van der Waals surface area (Å²) in [5, 5.41) is 0.